The van der Waals surface area contributed by atoms with Gasteiger partial charge in [-0.25, -0.2) is 4.79 Å². The van der Waals surface area contributed by atoms with E-state index in [2.05, 4.69) is 36.3 Å². The van der Waals surface area contributed by atoms with E-state index < -0.39 is 0 Å². The van der Waals surface area contributed by atoms with Gasteiger partial charge in [0.15, 0.2) is 0 Å². The molecule has 2 fully saturated rings. The molecule has 24 heavy (non-hydrogen) atoms. The molecule has 2 aliphatic rings. The predicted octanol–water partition coefficient (Wildman–Crippen LogP) is 3.00. The van der Waals surface area contributed by atoms with E-state index >= 15 is 0 Å². The van der Waals surface area contributed by atoms with E-state index in [4.69, 9.17) is 4.74 Å². The number of carbonyl (C=O) groups is 1. The maximum atomic E-state index is 12.2. The van der Waals surface area contributed by atoms with E-state index in [1.807, 2.05) is 6.92 Å². The van der Waals surface area contributed by atoms with Crippen molar-refractivity contribution < 1.29 is 9.53 Å². The van der Waals surface area contributed by atoms with Gasteiger partial charge in [-0.05, 0) is 25.2 Å². The zero-order chi connectivity index (χ0) is 17.6. The van der Waals surface area contributed by atoms with E-state index in [9.17, 15) is 4.79 Å². The molecule has 1 unspecified atom stereocenters. The first-order chi connectivity index (χ1) is 11.3. The number of piperazine rings is 1. The topological polar surface area (TPSA) is 53.6 Å². The van der Waals surface area contributed by atoms with E-state index in [1.54, 1.807) is 0 Å². The van der Waals surface area contributed by atoms with Crippen LogP contribution in [-0.2, 0) is 4.74 Å². The number of carbonyl (C=O) groups excluding carboxylic acids is 1. The Morgan fingerprint density at radius 3 is 2.42 bits per heavy atom. The molecule has 5 nitrogen and oxygen atoms in total. The quantitative estimate of drug-likeness (QED) is 0.808. The Balaban J connectivity index is 1.87. The third-order valence-corrected chi connectivity index (χ3v) is 5.79. The molecule has 0 bridgehead atoms. The van der Waals surface area contributed by atoms with E-state index in [-0.39, 0.29) is 23.0 Å². The second kappa shape index (κ2) is 8.52. The number of amides is 1. The van der Waals surface area contributed by atoms with Gasteiger partial charge in [-0.15, -0.1) is 0 Å². The fourth-order valence-electron chi connectivity index (χ4n) is 3.67. The van der Waals surface area contributed by atoms with Gasteiger partial charge in [0.25, 0.3) is 0 Å². The van der Waals surface area contributed by atoms with Crippen LogP contribution < -0.4 is 10.6 Å². The number of nitrogens with zero attached hydrogens (tertiary/aromatic N) is 1. The standard InChI is InChI=1S/C19H37N3O2/c1-16(18(2,3)4)24-17(23)21-14-19(8-6-5-7-9-19)15-22-12-10-20-11-13-22/h16,20H,5-15H2,1-4H3,(H,21,23). The molecule has 1 atom stereocenters. The second-order valence-electron chi connectivity index (χ2n) is 8.85. The van der Waals surface area contributed by atoms with E-state index in [0.29, 0.717) is 0 Å². The summed E-state index contributed by atoms with van der Waals surface area (Å²) >= 11 is 0. The molecule has 0 radical (unpaired) electrons. The first-order valence-electron chi connectivity index (χ1n) is 9.68. The first-order valence-corrected chi connectivity index (χ1v) is 9.68. The van der Waals surface area contributed by atoms with Crippen LogP contribution in [-0.4, -0.2) is 56.4 Å². The van der Waals surface area contributed by atoms with Gasteiger partial charge >= 0.3 is 6.09 Å². The number of nitrogens with one attached hydrogen (secondary N) is 2. The van der Waals surface area contributed by atoms with Crippen LogP contribution in [0.4, 0.5) is 4.79 Å². The fourth-order valence-corrected chi connectivity index (χ4v) is 3.67. The number of rotatable bonds is 5. The van der Waals surface area contributed by atoms with Crippen molar-refractivity contribution in [2.45, 2.75) is 65.9 Å². The van der Waals surface area contributed by atoms with Crippen molar-refractivity contribution in [2.24, 2.45) is 10.8 Å². The summed E-state index contributed by atoms with van der Waals surface area (Å²) in [5.74, 6) is 0. The van der Waals surface area contributed by atoms with Crippen LogP contribution in [0.2, 0.25) is 0 Å². The predicted molar refractivity (Wildman–Crippen MR) is 98.2 cm³/mol. The molecule has 1 saturated heterocycles. The van der Waals surface area contributed by atoms with Crippen molar-refractivity contribution in [3.63, 3.8) is 0 Å². The number of hydrogen-bond donors (Lipinski definition) is 2. The number of hydrogen-bond acceptors (Lipinski definition) is 4. The highest BCUT2D eigenvalue weighted by molar-refractivity contribution is 5.67. The van der Waals surface area contributed by atoms with Crippen molar-refractivity contribution in [2.75, 3.05) is 39.3 Å². The molecule has 2 rings (SSSR count). The summed E-state index contributed by atoms with van der Waals surface area (Å²) in [6.45, 7) is 14.5. The highest BCUT2D eigenvalue weighted by atomic mass is 16.6. The highest BCUT2D eigenvalue weighted by Gasteiger charge is 2.35. The molecular formula is C19H37N3O2. The van der Waals surface area contributed by atoms with Crippen molar-refractivity contribution in [1.29, 1.82) is 0 Å². The zero-order valence-corrected chi connectivity index (χ0v) is 16.1. The monoisotopic (exact) mass is 339 g/mol. The maximum absolute atomic E-state index is 12.2. The van der Waals surface area contributed by atoms with Gasteiger partial charge in [0, 0.05) is 44.7 Å². The molecule has 1 saturated carbocycles. The Hall–Kier alpha value is -0.810. The Labute approximate surface area is 147 Å². The lowest BCUT2D eigenvalue weighted by Crippen LogP contribution is -2.52. The molecule has 140 valence electrons. The van der Waals surface area contributed by atoms with Gasteiger partial charge in [0.05, 0.1) is 0 Å². The van der Waals surface area contributed by atoms with Crippen molar-refractivity contribution in [1.82, 2.24) is 15.5 Å². The average molecular weight is 340 g/mol. The van der Waals surface area contributed by atoms with Gasteiger partial charge in [0.1, 0.15) is 6.10 Å². The van der Waals surface area contributed by atoms with Gasteiger partial charge in [-0.1, -0.05) is 40.0 Å². The average Bonchev–Trinajstić information content (AvgIpc) is 2.54. The summed E-state index contributed by atoms with van der Waals surface area (Å²) in [7, 11) is 0. The molecule has 1 aliphatic carbocycles. The normalized spacial score (nSPS) is 23.5. The van der Waals surface area contributed by atoms with Gasteiger partial charge in [0.2, 0.25) is 0 Å². The van der Waals surface area contributed by atoms with E-state index in [0.717, 1.165) is 39.3 Å². The van der Waals surface area contributed by atoms with Crippen molar-refractivity contribution in [3.8, 4) is 0 Å². The largest absolute Gasteiger partial charge is 0.446 e. The molecule has 0 spiro atoms. The SMILES string of the molecule is CC(OC(=O)NCC1(CN2CCNCC2)CCCCC1)C(C)(C)C. The summed E-state index contributed by atoms with van der Waals surface area (Å²) in [6, 6.07) is 0. The van der Waals surface area contributed by atoms with Crippen molar-refractivity contribution >= 4 is 6.09 Å². The summed E-state index contributed by atoms with van der Waals surface area (Å²) in [6.07, 6.45) is 5.96. The zero-order valence-electron chi connectivity index (χ0n) is 16.1. The highest BCUT2D eigenvalue weighted by Crippen LogP contribution is 2.36. The number of alkyl carbamates (subject to hydrolysis) is 1. The minimum Gasteiger partial charge on any atom is -0.446 e. The lowest BCUT2D eigenvalue weighted by Gasteiger charge is -2.42. The summed E-state index contributed by atoms with van der Waals surface area (Å²) in [4.78, 5) is 14.8. The van der Waals surface area contributed by atoms with Crippen molar-refractivity contribution in [3.05, 3.63) is 0 Å². The Morgan fingerprint density at radius 2 is 1.83 bits per heavy atom. The minimum atomic E-state index is -0.261. The Morgan fingerprint density at radius 1 is 1.21 bits per heavy atom. The van der Waals surface area contributed by atoms with Crippen LogP contribution in [0.3, 0.4) is 0 Å². The third-order valence-electron chi connectivity index (χ3n) is 5.79. The fraction of sp³-hybridized carbons (Fsp3) is 0.947. The van der Waals surface area contributed by atoms with Crippen LogP contribution >= 0.6 is 0 Å². The molecule has 0 aromatic heterocycles. The van der Waals surface area contributed by atoms with E-state index in [1.165, 1.54) is 32.1 Å². The van der Waals surface area contributed by atoms with Crippen LogP contribution in [0.1, 0.15) is 59.8 Å². The Bertz CT molecular complexity index is 394. The second-order valence-corrected chi connectivity index (χ2v) is 8.85. The van der Waals surface area contributed by atoms with Crippen LogP contribution in [0.15, 0.2) is 0 Å². The lowest BCUT2D eigenvalue weighted by molar-refractivity contribution is 0.0372. The molecule has 1 amide bonds. The molecule has 0 aromatic rings. The summed E-state index contributed by atoms with van der Waals surface area (Å²) in [5.41, 5.74) is 0.195. The summed E-state index contributed by atoms with van der Waals surface area (Å²) in [5, 5.41) is 6.50. The number of ether oxygens (including phenoxy) is 1. The molecule has 2 N–H and O–H groups in total. The Kier molecular flexibility index (Phi) is 6.93. The smallest absolute Gasteiger partial charge is 0.407 e. The van der Waals surface area contributed by atoms with Gasteiger partial charge in [-0.2, -0.15) is 0 Å². The maximum Gasteiger partial charge on any atom is 0.407 e. The third kappa shape index (κ3) is 5.92. The molecule has 1 heterocycles. The molecular weight excluding hydrogens is 302 g/mol. The lowest BCUT2D eigenvalue weighted by atomic mass is 9.73. The van der Waals surface area contributed by atoms with Gasteiger partial charge in [-0.3, -0.25) is 0 Å². The molecule has 1 aliphatic heterocycles. The minimum absolute atomic E-state index is 0.0271. The summed E-state index contributed by atoms with van der Waals surface area (Å²) < 4.78 is 5.57. The van der Waals surface area contributed by atoms with Crippen LogP contribution in [0.25, 0.3) is 0 Å². The van der Waals surface area contributed by atoms with Gasteiger partial charge < -0.3 is 20.3 Å². The molecule has 0 aromatic carbocycles. The van der Waals surface area contributed by atoms with Crippen LogP contribution in [0, 0.1) is 10.8 Å². The molecule has 5 heteroatoms. The first kappa shape index (κ1) is 19.5. The van der Waals surface area contributed by atoms with Crippen LogP contribution in [0.5, 0.6) is 0 Å².